The number of aromatic nitrogens is 4. The minimum atomic E-state index is 0.568. The molecule has 0 aliphatic heterocycles. The Labute approximate surface area is 361 Å². The standard InChI is InChI=1S/C57H34N4O2/c1-4-13-35(14-5-1)37-24-28-49-46(31-37)45-21-12-20-42(54(45)61(49)41-17-8-3-9-18-41)38-25-29-51-47(32-38)48-33-39(26-30-52(48)62-51)56-58-55(36-15-6-2-7-16-36)59-57(60-56)40-23-27-44-43-19-10-11-22-50(43)63-53(44)34-40/h1-34H. The van der Waals surface area contributed by atoms with E-state index in [2.05, 4.69) is 144 Å². The van der Waals surface area contributed by atoms with Crippen molar-refractivity contribution < 1.29 is 8.83 Å². The number of para-hydroxylation sites is 3. The van der Waals surface area contributed by atoms with Crippen molar-refractivity contribution in [2.75, 3.05) is 0 Å². The quantitative estimate of drug-likeness (QED) is 0.167. The molecule has 0 fully saturated rings. The molecule has 0 N–H and O–H groups in total. The van der Waals surface area contributed by atoms with Crippen molar-refractivity contribution in [3.63, 3.8) is 0 Å². The molecule has 13 aromatic rings. The van der Waals surface area contributed by atoms with Crippen LogP contribution in [0.2, 0.25) is 0 Å². The van der Waals surface area contributed by atoms with Gasteiger partial charge in [0.1, 0.15) is 22.3 Å². The van der Waals surface area contributed by atoms with Crippen molar-refractivity contribution in [2.24, 2.45) is 0 Å². The molecule has 4 aromatic heterocycles. The number of furan rings is 2. The van der Waals surface area contributed by atoms with Crippen LogP contribution in [0.1, 0.15) is 0 Å². The van der Waals surface area contributed by atoms with Crippen LogP contribution in [-0.4, -0.2) is 19.5 Å². The van der Waals surface area contributed by atoms with E-state index in [-0.39, 0.29) is 0 Å². The van der Waals surface area contributed by atoms with Crippen molar-refractivity contribution in [3.8, 4) is 62.1 Å². The molecular formula is C57H34N4O2. The van der Waals surface area contributed by atoms with Gasteiger partial charge in [-0.25, -0.2) is 15.0 Å². The fourth-order valence-electron chi connectivity index (χ4n) is 9.26. The minimum Gasteiger partial charge on any atom is -0.456 e. The fourth-order valence-corrected chi connectivity index (χ4v) is 9.26. The van der Waals surface area contributed by atoms with Gasteiger partial charge in [0.25, 0.3) is 0 Å². The molecule has 63 heavy (non-hydrogen) atoms. The van der Waals surface area contributed by atoms with Crippen LogP contribution >= 0.6 is 0 Å². The first-order valence-electron chi connectivity index (χ1n) is 21.1. The lowest BCUT2D eigenvalue weighted by Crippen LogP contribution is -2.00. The summed E-state index contributed by atoms with van der Waals surface area (Å²) in [5.74, 6) is 1.74. The highest BCUT2D eigenvalue weighted by atomic mass is 16.3. The Hall–Kier alpha value is -8.61. The Morgan fingerprint density at radius 3 is 1.59 bits per heavy atom. The minimum absolute atomic E-state index is 0.568. The largest absolute Gasteiger partial charge is 0.456 e. The van der Waals surface area contributed by atoms with Crippen LogP contribution in [0.5, 0.6) is 0 Å². The van der Waals surface area contributed by atoms with Crippen LogP contribution in [0, 0.1) is 0 Å². The van der Waals surface area contributed by atoms with Crippen LogP contribution in [-0.2, 0) is 0 Å². The second-order valence-electron chi connectivity index (χ2n) is 16.0. The smallest absolute Gasteiger partial charge is 0.164 e. The summed E-state index contributed by atoms with van der Waals surface area (Å²) in [6, 6.07) is 71.8. The molecule has 6 heteroatoms. The lowest BCUT2D eigenvalue weighted by atomic mass is 9.98. The van der Waals surface area contributed by atoms with Crippen molar-refractivity contribution >= 4 is 65.7 Å². The number of benzene rings is 9. The summed E-state index contributed by atoms with van der Waals surface area (Å²) in [5.41, 5.74) is 13.9. The van der Waals surface area contributed by atoms with Crippen molar-refractivity contribution in [3.05, 3.63) is 206 Å². The zero-order chi connectivity index (χ0) is 41.4. The first kappa shape index (κ1) is 35.2. The van der Waals surface area contributed by atoms with Gasteiger partial charge in [0.2, 0.25) is 0 Å². The van der Waals surface area contributed by atoms with E-state index in [4.69, 9.17) is 23.8 Å². The molecule has 0 saturated heterocycles. The maximum atomic E-state index is 6.50. The van der Waals surface area contributed by atoms with Gasteiger partial charge in [-0.05, 0) is 89.5 Å². The SMILES string of the molecule is c1ccc(-c2ccc3c(c2)c2cccc(-c4ccc5oc6ccc(-c7nc(-c8ccccc8)nc(-c8ccc9c(c8)oc8ccccc89)n7)cc6c5c4)c2n3-c2ccccc2)cc1. The van der Waals surface area contributed by atoms with E-state index >= 15 is 0 Å². The summed E-state index contributed by atoms with van der Waals surface area (Å²) < 4.78 is 15.2. The Bertz CT molecular complexity index is 3900. The van der Waals surface area contributed by atoms with Crippen molar-refractivity contribution in [1.29, 1.82) is 0 Å². The third kappa shape index (κ3) is 5.76. The number of rotatable bonds is 6. The summed E-state index contributed by atoms with van der Waals surface area (Å²) in [5, 5.41) is 6.54. The van der Waals surface area contributed by atoms with E-state index in [0.717, 1.165) is 88.4 Å². The van der Waals surface area contributed by atoms with Crippen LogP contribution < -0.4 is 0 Å². The fraction of sp³-hybridized carbons (Fsp3) is 0. The highest BCUT2D eigenvalue weighted by Gasteiger charge is 2.20. The summed E-state index contributed by atoms with van der Waals surface area (Å²) in [6.07, 6.45) is 0. The maximum Gasteiger partial charge on any atom is 0.164 e. The second-order valence-corrected chi connectivity index (χ2v) is 16.0. The van der Waals surface area contributed by atoms with Gasteiger partial charge >= 0.3 is 0 Å². The first-order valence-corrected chi connectivity index (χ1v) is 21.1. The second kappa shape index (κ2) is 14.0. The van der Waals surface area contributed by atoms with E-state index in [1.807, 2.05) is 66.7 Å². The maximum absolute atomic E-state index is 6.50. The Kier molecular flexibility index (Phi) is 7.80. The van der Waals surface area contributed by atoms with Crippen LogP contribution in [0.25, 0.3) is 128 Å². The van der Waals surface area contributed by atoms with E-state index in [9.17, 15) is 0 Å². The molecule has 0 atom stereocenters. The summed E-state index contributed by atoms with van der Waals surface area (Å²) in [4.78, 5) is 15.2. The molecule has 9 aromatic carbocycles. The van der Waals surface area contributed by atoms with Gasteiger partial charge in [0, 0.05) is 60.3 Å². The third-order valence-corrected chi connectivity index (χ3v) is 12.3. The highest BCUT2D eigenvalue weighted by Crippen LogP contribution is 2.42. The predicted molar refractivity (Wildman–Crippen MR) is 256 cm³/mol. The van der Waals surface area contributed by atoms with E-state index < -0.39 is 0 Å². The molecule has 0 aliphatic rings. The summed E-state index contributed by atoms with van der Waals surface area (Å²) in [6.45, 7) is 0. The molecule has 0 bridgehead atoms. The lowest BCUT2D eigenvalue weighted by Gasteiger charge is -2.12. The van der Waals surface area contributed by atoms with Gasteiger partial charge in [-0.3, -0.25) is 0 Å². The van der Waals surface area contributed by atoms with Gasteiger partial charge in [0.05, 0.1) is 11.0 Å². The normalized spacial score (nSPS) is 11.8. The Morgan fingerprint density at radius 2 is 0.825 bits per heavy atom. The Balaban J connectivity index is 0.976. The average molecular weight is 807 g/mol. The van der Waals surface area contributed by atoms with Crippen LogP contribution in [0.15, 0.2) is 215 Å². The first-order chi connectivity index (χ1) is 31.2. The molecule has 13 rings (SSSR count). The average Bonchev–Trinajstić information content (AvgIpc) is 4.03. The topological polar surface area (TPSA) is 69.9 Å². The molecule has 0 spiro atoms. The molecule has 6 nitrogen and oxygen atoms in total. The number of fused-ring (bicyclic) bond motifs is 9. The van der Waals surface area contributed by atoms with E-state index in [1.54, 1.807) is 0 Å². The predicted octanol–water partition coefficient (Wildman–Crippen LogP) is 15.1. The third-order valence-electron chi connectivity index (χ3n) is 12.3. The molecule has 0 saturated carbocycles. The summed E-state index contributed by atoms with van der Waals surface area (Å²) >= 11 is 0. The van der Waals surface area contributed by atoms with Gasteiger partial charge < -0.3 is 13.4 Å². The van der Waals surface area contributed by atoms with E-state index in [0.29, 0.717) is 17.5 Å². The molecule has 0 unspecified atom stereocenters. The highest BCUT2D eigenvalue weighted by molar-refractivity contribution is 6.16. The molecule has 0 aliphatic carbocycles. The van der Waals surface area contributed by atoms with Crippen LogP contribution in [0.4, 0.5) is 0 Å². The molecule has 4 heterocycles. The molecule has 0 amide bonds. The van der Waals surface area contributed by atoms with Crippen LogP contribution in [0.3, 0.4) is 0 Å². The molecule has 0 radical (unpaired) electrons. The van der Waals surface area contributed by atoms with E-state index in [1.165, 1.54) is 21.9 Å². The lowest BCUT2D eigenvalue weighted by molar-refractivity contribution is 0.668. The van der Waals surface area contributed by atoms with Crippen molar-refractivity contribution in [1.82, 2.24) is 19.5 Å². The monoisotopic (exact) mass is 806 g/mol. The van der Waals surface area contributed by atoms with Gasteiger partial charge in [-0.1, -0.05) is 133 Å². The van der Waals surface area contributed by atoms with Gasteiger partial charge in [-0.2, -0.15) is 0 Å². The number of hydrogen-bond acceptors (Lipinski definition) is 5. The zero-order valence-electron chi connectivity index (χ0n) is 33.7. The number of hydrogen-bond donors (Lipinski definition) is 0. The zero-order valence-corrected chi connectivity index (χ0v) is 33.7. The van der Waals surface area contributed by atoms with Gasteiger partial charge in [0.15, 0.2) is 17.5 Å². The van der Waals surface area contributed by atoms with Crippen molar-refractivity contribution in [2.45, 2.75) is 0 Å². The number of nitrogens with zero attached hydrogens (tertiary/aromatic N) is 4. The molecule has 294 valence electrons. The molecular weight excluding hydrogens is 773 g/mol. The Morgan fingerprint density at radius 1 is 0.302 bits per heavy atom. The summed E-state index contributed by atoms with van der Waals surface area (Å²) in [7, 11) is 0. The van der Waals surface area contributed by atoms with Gasteiger partial charge in [-0.15, -0.1) is 0 Å².